The van der Waals surface area contributed by atoms with Crippen LogP contribution < -0.4 is 4.74 Å². The third kappa shape index (κ3) is 2.52. The second kappa shape index (κ2) is 5.98. The molecule has 1 saturated heterocycles. The van der Waals surface area contributed by atoms with Gasteiger partial charge in [0.25, 0.3) is 0 Å². The van der Waals surface area contributed by atoms with Gasteiger partial charge in [0.2, 0.25) is 0 Å². The van der Waals surface area contributed by atoms with E-state index in [1.165, 1.54) is 30.5 Å². The Kier molecular flexibility index (Phi) is 4.54. The molecular weight excluding hydrogens is 258 g/mol. The summed E-state index contributed by atoms with van der Waals surface area (Å²) in [4.78, 5) is 2.58. The predicted molar refractivity (Wildman–Crippen MR) is 81.3 cm³/mol. The molecule has 2 nitrogen and oxygen atoms in total. The third-order valence-corrected chi connectivity index (χ3v) is 4.51. The quantitative estimate of drug-likeness (QED) is 0.789. The Morgan fingerprint density at radius 1 is 1.42 bits per heavy atom. The molecule has 1 fully saturated rings. The van der Waals surface area contributed by atoms with Crippen LogP contribution in [0.1, 0.15) is 17.5 Å². The largest absolute Gasteiger partial charge is 0.496 e. The number of likely N-dealkylation sites (tertiary alicyclic amines) is 1. The molecule has 2 aliphatic rings. The van der Waals surface area contributed by atoms with E-state index in [2.05, 4.69) is 29.7 Å². The zero-order valence-corrected chi connectivity index (χ0v) is 12.3. The van der Waals surface area contributed by atoms with Crippen molar-refractivity contribution in [1.29, 1.82) is 0 Å². The lowest BCUT2D eigenvalue weighted by Crippen LogP contribution is -2.38. The Morgan fingerprint density at radius 3 is 3.00 bits per heavy atom. The molecule has 1 aromatic carbocycles. The average Bonchev–Trinajstić information content (AvgIpc) is 2.78. The first-order valence-electron chi connectivity index (χ1n) is 6.83. The van der Waals surface area contributed by atoms with Crippen LogP contribution in [-0.4, -0.2) is 31.1 Å². The maximum Gasteiger partial charge on any atom is 0.122 e. The number of halogens is 1. The summed E-state index contributed by atoms with van der Waals surface area (Å²) >= 11 is 0. The molecule has 0 bridgehead atoms. The number of nitrogens with zero attached hydrogens (tertiary/aromatic N) is 1. The van der Waals surface area contributed by atoms with Gasteiger partial charge in [0.15, 0.2) is 0 Å². The van der Waals surface area contributed by atoms with Crippen molar-refractivity contribution in [3.05, 3.63) is 42.0 Å². The van der Waals surface area contributed by atoms with E-state index >= 15 is 0 Å². The highest BCUT2D eigenvalue weighted by Crippen LogP contribution is 2.38. The second-order valence-electron chi connectivity index (χ2n) is 5.41. The summed E-state index contributed by atoms with van der Waals surface area (Å²) in [5.74, 6) is 1.89. The lowest BCUT2D eigenvalue weighted by molar-refractivity contribution is 0.233. The fourth-order valence-corrected chi connectivity index (χ4v) is 3.63. The van der Waals surface area contributed by atoms with Crippen molar-refractivity contribution >= 4 is 12.4 Å². The number of hydrogen-bond donors (Lipinski definition) is 0. The van der Waals surface area contributed by atoms with Gasteiger partial charge in [-0.15, -0.1) is 19.0 Å². The summed E-state index contributed by atoms with van der Waals surface area (Å²) in [6, 6.07) is 7.16. The van der Waals surface area contributed by atoms with Crippen LogP contribution in [0.15, 0.2) is 30.9 Å². The highest BCUT2D eigenvalue weighted by Gasteiger charge is 2.37. The van der Waals surface area contributed by atoms with Crippen molar-refractivity contribution < 1.29 is 4.74 Å². The van der Waals surface area contributed by atoms with Gasteiger partial charge in [-0.1, -0.05) is 18.2 Å². The van der Waals surface area contributed by atoms with Crippen molar-refractivity contribution in [1.82, 2.24) is 4.90 Å². The van der Waals surface area contributed by atoms with Gasteiger partial charge in [-0.3, -0.25) is 4.90 Å². The zero-order chi connectivity index (χ0) is 12.5. The molecule has 0 N–H and O–H groups in total. The van der Waals surface area contributed by atoms with Gasteiger partial charge in [0.05, 0.1) is 7.11 Å². The first-order valence-corrected chi connectivity index (χ1v) is 6.83. The van der Waals surface area contributed by atoms with Crippen molar-refractivity contribution in [2.24, 2.45) is 5.92 Å². The molecule has 3 rings (SSSR count). The fourth-order valence-electron chi connectivity index (χ4n) is 3.63. The standard InChI is InChI=1S/C16H21NO.ClH/c1-3-8-17-9-7-13-10-12-5-4-6-16(18-2)14(12)11-15(13)17;/h3-6,13,15H,1,7-11H2,2H3;1H/t13-,15+;/m0./s1. The molecule has 1 aliphatic heterocycles. The van der Waals surface area contributed by atoms with Crippen molar-refractivity contribution in [2.75, 3.05) is 20.2 Å². The first kappa shape index (κ1) is 14.4. The minimum Gasteiger partial charge on any atom is -0.496 e. The van der Waals surface area contributed by atoms with Crippen LogP contribution in [0.25, 0.3) is 0 Å². The minimum absolute atomic E-state index is 0. The Morgan fingerprint density at radius 2 is 2.26 bits per heavy atom. The summed E-state index contributed by atoms with van der Waals surface area (Å²) in [5.41, 5.74) is 2.92. The predicted octanol–water partition coefficient (Wildman–Crippen LogP) is 3.09. The molecule has 2 atom stereocenters. The van der Waals surface area contributed by atoms with Crippen LogP contribution in [0.2, 0.25) is 0 Å². The number of benzene rings is 1. The summed E-state index contributed by atoms with van der Waals surface area (Å²) in [7, 11) is 1.78. The van der Waals surface area contributed by atoms with E-state index in [9.17, 15) is 0 Å². The molecule has 0 saturated carbocycles. The molecule has 1 aliphatic carbocycles. The Bertz CT molecular complexity index is 460. The van der Waals surface area contributed by atoms with Crippen molar-refractivity contribution in [3.63, 3.8) is 0 Å². The van der Waals surface area contributed by atoms with Crippen LogP contribution in [0.5, 0.6) is 5.75 Å². The summed E-state index contributed by atoms with van der Waals surface area (Å²) in [6.45, 7) is 6.11. The Hall–Kier alpha value is -0.990. The van der Waals surface area contributed by atoms with Crippen LogP contribution in [0.4, 0.5) is 0 Å². The van der Waals surface area contributed by atoms with E-state index in [0.29, 0.717) is 6.04 Å². The number of hydrogen-bond acceptors (Lipinski definition) is 2. The molecule has 0 spiro atoms. The van der Waals surface area contributed by atoms with Crippen molar-refractivity contribution in [2.45, 2.75) is 25.3 Å². The number of fused-ring (bicyclic) bond motifs is 2. The highest BCUT2D eigenvalue weighted by atomic mass is 35.5. The molecule has 1 heterocycles. The lowest BCUT2D eigenvalue weighted by atomic mass is 9.80. The maximum atomic E-state index is 5.52. The molecule has 1 aromatic rings. The Balaban J connectivity index is 0.00000133. The normalized spacial score (nSPS) is 25.1. The lowest BCUT2D eigenvalue weighted by Gasteiger charge is -2.33. The van der Waals surface area contributed by atoms with Gasteiger partial charge in [-0.25, -0.2) is 0 Å². The molecule has 19 heavy (non-hydrogen) atoms. The van der Waals surface area contributed by atoms with E-state index in [4.69, 9.17) is 4.74 Å². The summed E-state index contributed by atoms with van der Waals surface area (Å²) in [5, 5.41) is 0. The molecule has 0 aromatic heterocycles. The van der Waals surface area contributed by atoms with Crippen LogP contribution >= 0.6 is 12.4 Å². The van der Waals surface area contributed by atoms with Gasteiger partial charge in [-0.2, -0.15) is 0 Å². The molecule has 3 heteroatoms. The average molecular weight is 280 g/mol. The topological polar surface area (TPSA) is 12.5 Å². The van der Waals surface area contributed by atoms with E-state index in [-0.39, 0.29) is 12.4 Å². The number of ether oxygens (including phenoxy) is 1. The van der Waals surface area contributed by atoms with E-state index in [1.807, 2.05) is 6.08 Å². The molecule has 0 unspecified atom stereocenters. The Labute approximate surface area is 121 Å². The second-order valence-corrected chi connectivity index (χ2v) is 5.41. The third-order valence-electron chi connectivity index (χ3n) is 4.51. The van der Waals surface area contributed by atoms with E-state index in [0.717, 1.165) is 24.6 Å². The first-order chi connectivity index (χ1) is 8.83. The number of rotatable bonds is 3. The van der Waals surface area contributed by atoms with Gasteiger partial charge in [-0.05, 0) is 48.9 Å². The van der Waals surface area contributed by atoms with Gasteiger partial charge in [0, 0.05) is 12.6 Å². The van der Waals surface area contributed by atoms with E-state index < -0.39 is 0 Å². The smallest absolute Gasteiger partial charge is 0.122 e. The minimum atomic E-state index is 0. The summed E-state index contributed by atoms with van der Waals surface area (Å²) < 4.78 is 5.52. The monoisotopic (exact) mass is 279 g/mol. The van der Waals surface area contributed by atoms with Gasteiger partial charge in [0.1, 0.15) is 5.75 Å². The van der Waals surface area contributed by atoms with Crippen LogP contribution in [0.3, 0.4) is 0 Å². The highest BCUT2D eigenvalue weighted by molar-refractivity contribution is 5.85. The molecular formula is C16H22ClNO. The molecule has 0 radical (unpaired) electrons. The SMILES string of the molecule is C=CCN1CC[C@H]2Cc3cccc(OC)c3C[C@H]21.Cl. The van der Waals surface area contributed by atoms with Crippen molar-refractivity contribution in [3.8, 4) is 5.75 Å². The van der Waals surface area contributed by atoms with Crippen LogP contribution in [0, 0.1) is 5.92 Å². The zero-order valence-electron chi connectivity index (χ0n) is 11.5. The van der Waals surface area contributed by atoms with E-state index in [1.54, 1.807) is 7.11 Å². The molecule has 104 valence electrons. The number of methoxy groups -OCH3 is 1. The van der Waals surface area contributed by atoms with Gasteiger partial charge < -0.3 is 4.74 Å². The molecule has 0 amide bonds. The fraction of sp³-hybridized carbons (Fsp3) is 0.500. The summed E-state index contributed by atoms with van der Waals surface area (Å²) in [6.07, 6.45) is 5.71. The van der Waals surface area contributed by atoms with Crippen LogP contribution in [-0.2, 0) is 12.8 Å². The maximum absolute atomic E-state index is 5.52. The van der Waals surface area contributed by atoms with Gasteiger partial charge >= 0.3 is 0 Å².